The maximum atomic E-state index is 9.90. The molecular weight excluding hydrogens is 292 g/mol. The molecule has 0 radical (unpaired) electrons. The zero-order valence-electron chi connectivity index (χ0n) is 9.96. The third kappa shape index (κ3) is 2.22. The first kappa shape index (κ1) is 11.9. The van der Waals surface area contributed by atoms with E-state index >= 15 is 0 Å². The van der Waals surface area contributed by atoms with Crippen molar-refractivity contribution in [3.8, 4) is 11.1 Å². The van der Waals surface area contributed by atoms with Crippen LogP contribution in [0.3, 0.4) is 0 Å². The van der Waals surface area contributed by atoms with E-state index in [4.69, 9.17) is 0 Å². The second kappa shape index (κ2) is 4.86. The summed E-state index contributed by atoms with van der Waals surface area (Å²) in [6.07, 6.45) is 6.63. The number of halogens is 1. The minimum Gasteiger partial charge on any atom is -0.391 e. The lowest BCUT2D eigenvalue weighted by atomic mass is 10.1. The fraction of sp³-hybridized carbons (Fsp3) is 0.357. The number of hydrogen-bond acceptors (Lipinski definition) is 2. The number of aliphatic hydroxyl groups excluding tert-OH is 1. The number of aliphatic hydroxyl groups is 1. The van der Waals surface area contributed by atoms with Crippen LogP contribution >= 0.6 is 15.9 Å². The number of aromatic nitrogens is 2. The highest BCUT2D eigenvalue weighted by Gasteiger charge is 2.27. The van der Waals surface area contributed by atoms with E-state index < -0.39 is 0 Å². The Morgan fingerprint density at radius 1 is 1.28 bits per heavy atom. The molecule has 1 aromatic heterocycles. The molecule has 3 nitrogen and oxygen atoms in total. The molecule has 0 spiro atoms. The quantitative estimate of drug-likeness (QED) is 0.923. The molecule has 4 heteroatoms. The monoisotopic (exact) mass is 306 g/mol. The third-order valence-corrected chi connectivity index (χ3v) is 4.04. The molecule has 1 fully saturated rings. The fourth-order valence-electron chi connectivity index (χ4n) is 2.57. The minimum atomic E-state index is -0.250. The molecule has 1 N–H and O–H groups in total. The average molecular weight is 307 g/mol. The first-order valence-electron chi connectivity index (χ1n) is 6.22. The number of hydrogen-bond donors (Lipinski definition) is 1. The van der Waals surface area contributed by atoms with Crippen molar-refractivity contribution in [3.63, 3.8) is 0 Å². The van der Waals surface area contributed by atoms with E-state index in [2.05, 4.69) is 33.2 Å². The molecular formula is C14H15BrN2O. The van der Waals surface area contributed by atoms with Crippen LogP contribution in [0.15, 0.2) is 41.1 Å². The highest BCUT2D eigenvalue weighted by molar-refractivity contribution is 9.10. The van der Waals surface area contributed by atoms with Crippen molar-refractivity contribution in [1.82, 2.24) is 9.78 Å². The highest BCUT2D eigenvalue weighted by Crippen LogP contribution is 2.31. The Labute approximate surface area is 115 Å². The van der Waals surface area contributed by atoms with Gasteiger partial charge in [0.05, 0.1) is 18.3 Å². The zero-order valence-corrected chi connectivity index (χ0v) is 11.5. The van der Waals surface area contributed by atoms with Crippen molar-refractivity contribution < 1.29 is 5.11 Å². The van der Waals surface area contributed by atoms with Crippen LogP contribution in [-0.2, 0) is 0 Å². The molecule has 18 heavy (non-hydrogen) atoms. The largest absolute Gasteiger partial charge is 0.391 e. The van der Waals surface area contributed by atoms with Crippen molar-refractivity contribution in [2.75, 3.05) is 0 Å². The van der Waals surface area contributed by atoms with Gasteiger partial charge < -0.3 is 5.11 Å². The van der Waals surface area contributed by atoms with Gasteiger partial charge in [0.1, 0.15) is 0 Å². The van der Waals surface area contributed by atoms with Crippen LogP contribution in [0, 0.1) is 0 Å². The second-order valence-electron chi connectivity index (χ2n) is 4.78. The highest BCUT2D eigenvalue weighted by atomic mass is 79.9. The maximum absolute atomic E-state index is 9.90. The van der Waals surface area contributed by atoms with Crippen molar-refractivity contribution >= 4 is 15.9 Å². The molecule has 1 aliphatic rings. The van der Waals surface area contributed by atoms with E-state index in [1.807, 2.05) is 29.2 Å². The van der Waals surface area contributed by atoms with Crippen LogP contribution in [0.25, 0.3) is 11.1 Å². The van der Waals surface area contributed by atoms with Crippen molar-refractivity contribution in [2.45, 2.75) is 31.4 Å². The molecule has 2 atom stereocenters. The van der Waals surface area contributed by atoms with Crippen molar-refractivity contribution in [3.05, 3.63) is 41.1 Å². The van der Waals surface area contributed by atoms with Gasteiger partial charge in [-0.15, -0.1) is 0 Å². The Kier molecular flexibility index (Phi) is 3.22. The topological polar surface area (TPSA) is 38.0 Å². The summed E-state index contributed by atoms with van der Waals surface area (Å²) in [7, 11) is 0. The summed E-state index contributed by atoms with van der Waals surface area (Å²) >= 11 is 3.47. The van der Waals surface area contributed by atoms with E-state index in [-0.39, 0.29) is 12.1 Å². The average Bonchev–Trinajstić information content (AvgIpc) is 2.97. The lowest BCUT2D eigenvalue weighted by molar-refractivity contribution is 0.130. The Bertz CT molecular complexity index is 552. The molecule has 0 bridgehead atoms. The smallest absolute Gasteiger partial charge is 0.0778 e. The number of rotatable bonds is 2. The van der Waals surface area contributed by atoms with Crippen LogP contribution in [-0.4, -0.2) is 21.0 Å². The third-order valence-electron chi connectivity index (χ3n) is 3.54. The van der Waals surface area contributed by atoms with E-state index in [0.717, 1.165) is 34.9 Å². The molecule has 3 rings (SSSR count). The first-order chi connectivity index (χ1) is 8.74. The van der Waals surface area contributed by atoms with E-state index in [1.165, 1.54) is 0 Å². The summed E-state index contributed by atoms with van der Waals surface area (Å²) in [5.41, 5.74) is 2.23. The van der Waals surface area contributed by atoms with Gasteiger partial charge in [-0.1, -0.05) is 28.1 Å². The maximum Gasteiger partial charge on any atom is 0.0778 e. The minimum absolute atomic E-state index is 0.144. The van der Waals surface area contributed by atoms with Gasteiger partial charge in [-0.05, 0) is 37.0 Å². The van der Waals surface area contributed by atoms with E-state index in [1.54, 1.807) is 0 Å². The van der Waals surface area contributed by atoms with Crippen LogP contribution < -0.4 is 0 Å². The SMILES string of the molecule is OC1CCCC1n1cc(-c2cccc(Br)c2)cn1. The molecule has 0 aliphatic heterocycles. The predicted octanol–water partition coefficient (Wildman–Crippen LogP) is 3.40. The summed E-state index contributed by atoms with van der Waals surface area (Å²) < 4.78 is 2.97. The van der Waals surface area contributed by atoms with Gasteiger partial charge in [0.2, 0.25) is 0 Å². The molecule has 0 saturated heterocycles. The molecule has 1 aliphatic carbocycles. The van der Waals surface area contributed by atoms with Gasteiger partial charge in [0, 0.05) is 16.2 Å². The van der Waals surface area contributed by atoms with Gasteiger partial charge in [0.15, 0.2) is 0 Å². The molecule has 94 valence electrons. The lowest BCUT2D eigenvalue weighted by Crippen LogP contribution is -2.18. The fourth-order valence-corrected chi connectivity index (χ4v) is 2.97. The van der Waals surface area contributed by atoms with Gasteiger partial charge in [-0.2, -0.15) is 5.10 Å². The van der Waals surface area contributed by atoms with Gasteiger partial charge in [-0.25, -0.2) is 0 Å². The van der Waals surface area contributed by atoms with Gasteiger partial charge >= 0.3 is 0 Å². The second-order valence-corrected chi connectivity index (χ2v) is 5.70. The Balaban J connectivity index is 1.89. The Morgan fingerprint density at radius 3 is 2.89 bits per heavy atom. The first-order valence-corrected chi connectivity index (χ1v) is 7.01. The van der Waals surface area contributed by atoms with Crippen molar-refractivity contribution in [2.24, 2.45) is 0 Å². The molecule has 1 saturated carbocycles. The predicted molar refractivity (Wildman–Crippen MR) is 74.3 cm³/mol. The number of nitrogens with zero attached hydrogens (tertiary/aromatic N) is 2. The molecule has 1 aromatic carbocycles. The molecule has 2 aromatic rings. The standard InChI is InChI=1S/C14H15BrN2O/c15-12-4-1-3-10(7-12)11-8-16-17(9-11)13-5-2-6-14(13)18/h1,3-4,7-9,13-14,18H,2,5-6H2. The van der Waals surface area contributed by atoms with Crippen LogP contribution in [0.4, 0.5) is 0 Å². The Hall–Kier alpha value is -1.13. The van der Waals surface area contributed by atoms with Crippen LogP contribution in [0.2, 0.25) is 0 Å². The Morgan fingerprint density at radius 2 is 2.17 bits per heavy atom. The number of benzene rings is 1. The van der Waals surface area contributed by atoms with Crippen molar-refractivity contribution in [1.29, 1.82) is 0 Å². The van der Waals surface area contributed by atoms with Gasteiger partial charge in [-0.3, -0.25) is 4.68 Å². The van der Waals surface area contributed by atoms with E-state index in [9.17, 15) is 5.11 Å². The lowest BCUT2D eigenvalue weighted by Gasteiger charge is -2.14. The summed E-state index contributed by atoms with van der Waals surface area (Å²) in [5, 5.41) is 14.3. The van der Waals surface area contributed by atoms with Gasteiger partial charge in [0.25, 0.3) is 0 Å². The molecule has 1 heterocycles. The van der Waals surface area contributed by atoms with Crippen LogP contribution in [0.1, 0.15) is 25.3 Å². The normalized spacial score (nSPS) is 23.4. The molecule has 0 amide bonds. The zero-order chi connectivity index (χ0) is 12.5. The summed E-state index contributed by atoms with van der Waals surface area (Å²) in [5.74, 6) is 0. The summed E-state index contributed by atoms with van der Waals surface area (Å²) in [4.78, 5) is 0. The molecule has 2 unspecified atom stereocenters. The summed E-state index contributed by atoms with van der Waals surface area (Å²) in [6, 6.07) is 8.31. The summed E-state index contributed by atoms with van der Waals surface area (Å²) in [6.45, 7) is 0. The van der Waals surface area contributed by atoms with Crippen LogP contribution in [0.5, 0.6) is 0 Å². The van der Waals surface area contributed by atoms with E-state index in [0.29, 0.717) is 0 Å².